The minimum Gasteiger partial charge on any atom is -0.494 e. The first kappa shape index (κ1) is 11.6. The van der Waals surface area contributed by atoms with Crippen molar-refractivity contribution in [3.63, 3.8) is 0 Å². The van der Waals surface area contributed by atoms with Crippen LogP contribution in [0.2, 0.25) is 0 Å². The Kier molecular flexibility index (Phi) is 3.10. The van der Waals surface area contributed by atoms with Crippen LogP contribution in [0.1, 0.15) is 11.7 Å². The number of ether oxygens (including phenoxy) is 1. The molecule has 0 fully saturated rings. The van der Waals surface area contributed by atoms with Crippen LogP contribution in [0.25, 0.3) is 11.3 Å². The largest absolute Gasteiger partial charge is 0.494 e. The Morgan fingerprint density at radius 3 is 2.82 bits per heavy atom. The van der Waals surface area contributed by atoms with Gasteiger partial charge < -0.3 is 14.9 Å². The van der Waals surface area contributed by atoms with E-state index >= 15 is 0 Å². The second-order valence-corrected chi connectivity index (χ2v) is 3.56. The maximum Gasteiger partial charge on any atom is 0.191 e. The smallest absolute Gasteiger partial charge is 0.191 e. The topological polar surface area (TPSA) is 61.3 Å². The van der Waals surface area contributed by atoms with Crippen LogP contribution in [0.3, 0.4) is 0 Å². The van der Waals surface area contributed by atoms with Crippen molar-refractivity contribution in [3.8, 4) is 17.0 Å². The molecule has 0 aliphatic heterocycles. The van der Waals surface area contributed by atoms with Crippen molar-refractivity contribution in [1.82, 2.24) is 4.98 Å². The maximum atomic E-state index is 13.6. The third kappa shape index (κ3) is 2.14. The Hall–Kier alpha value is -1.88. The van der Waals surface area contributed by atoms with Gasteiger partial charge in [-0.05, 0) is 18.2 Å². The lowest BCUT2D eigenvalue weighted by molar-refractivity contribution is 0.386. The third-order valence-electron chi connectivity index (χ3n) is 2.41. The van der Waals surface area contributed by atoms with Crippen LogP contribution in [-0.4, -0.2) is 12.1 Å². The second-order valence-electron chi connectivity index (χ2n) is 3.56. The number of benzene rings is 1. The molecule has 0 saturated carbocycles. The highest BCUT2D eigenvalue weighted by molar-refractivity contribution is 5.62. The average Bonchev–Trinajstić information content (AvgIpc) is 2.70. The summed E-state index contributed by atoms with van der Waals surface area (Å²) in [4.78, 5) is 4.19. The molecule has 0 aliphatic carbocycles. The number of halogens is 1. The second kappa shape index (κ2) is 4.55. The van der Waals surface area contributed by atoms with Gasteiger partial charge in [-0.3, -0.25) is 0 Å². The number of nitrogens with two attached hydrogens (primary N) is 1. The average molecular weight is 236 g/mol. The summed E-state index contributed by atoms with van der Waals surface area (Å²) in [7, 11) is 1.42. The molecule has 1 aromatic heterocycles. The van der Waals surface area contributed by atoms with Crippen molar-refractivity contribution >= 4 is 0 Å². The van der Waals surface area contributed by atoms with E-state index in [0.717, 1.165) is 0 Å². The first-order chi connectivity index (χ1) is 8.15. The summed E-state index contributed by atoms with van der Waals surface area (Å²) in [6.45, 7) is 1.95. The first-order valence-corrected chi connectivity index (χ1v) is 5.16. The number of oxazole rings is 1. The fraction of sp³-hybridized carbons (Fsp3) is 0.250. The summed E-state index contributed by atoms with van der Waals surface area (Å²) in [6, 6.07) is 4.63. The van der Waals surface area contributed by atoms with Gasteiger partial charge in [0, 0.05) is 12.5 Å². The molecular formula is C12H13FN2O2. The SMILES string of the molecule is COc1ccc(-c2nc(C)oc2CN)cc1F. The zero-order valence-electron chi connectivity index (χ0n) is 9.66. The Balaban J connectivity index is 2.49. The van der Waals surface area contributed by atoms with Crippen molar-refractivity contribution in [3.05, 3.63) is 35.7 Å². The van der Waals surface area contributed by atoms with Crippen LogP contribution in [0, 0.1) is 12.7 Å². The van der Waals surface area contributed by atoms with Gasteiger partial charge in [0.05, 0.1) is 13.7 Å². The molecule has 0 aliphatic rings. The van der Waals surface area contributed by atoms with Crippen LogP contribution in [0.15, 0.2) is 22.6 Å². The molecule has 5 heteroatoms. The molecule has 0 saturated heterocycles. The van der Waals surface area contributed by atoms with Crippen LogP contribution < -0.4 is 10.5 Å². The molecule has 0 amide bonds. The van der Waals surface area contributed by atoms with Crippen molar-refractivity contribution in [1.29, 1.82) is 0 Å². The molecule has 1 heterocycles. The van der Waals surface area contributed by atoms with Crippen molar-refractivity contribution in [2.45, 2.75) is 13.5 Å². The zero-order valence-corrected chi connectivity index (χ0v) is 9.66. The number of hydrogen-bond donors (Lipinski definition) is 1. The Bertz CT molecular complexity index is 537. The van der Waals surface area contributed by atoms with Gasteiger partial charge in [0.25, 0.3) is 0 Å². The van der Waals surface area contributed by atoms with Gasteiger partial charge in [0.2, 0.25) is 0 Å². The minimum absolute atomic E-state index is 0.197. The Morgan fingerprint density at radius 1 is 1.47 bits per heavy atom. The van der Waals surface area contributed by atoms with Crippen molar-refractivity contribution in [2.75, 3.05) is 7.11 Å². The predicted molar refractivity (Wildman–Crippen MR) is 61.1 cm³/mol. The summed E-state index contributed by atoms with van der Waals surface area (Å²) < 4.78 is 23.7. The number of hydrogen-bond acceptors (Lipinski definition) is 4. The molecule has 2 rings (SSSR count). The van der Waals surface area contributed by atoms with Crippen molar-refractivity contribution < 1.29 is 13.5 Å². The summed E-state index contributed by atoms with van der Waals surface area (Å²) in [5.41, 5.74) is 6.74. The van der Waals surface area contributed by atoms with Gasteiger partial charge in [-0.1, -0.05) is 0 Å². The number of aromatic nitrogens is 1. The summed E-state index contributed by atoms with van der Waals surface area (Å²) in [6.07, 6.45) is 0. The Morgan fingerprint density at radius 2 is 2.24 bits per heavy atom. The van der Waals surface area contributed by atoms with E-state index in [-0.39, 0.29) is 12.3 Å². The zero-order chi connectivity index (χ0) is 12.4. The van der Waals surface area contributed by atoms with Crippen LogP contribution in [-0.2, 0) is 6.54 Å². The molecule has 0 unspecified atom stereocenters. The van der Waals surface area contributed by atoms with Crippen LogP contribution >= 0.6 is 0 Å². The predicted octanol–water partition coefficient (Wildman–Crippen LogP) is 2.26. The molecule has 2 aromatic rings. The highest BCUT2D eigenvalue weighted by Crippen LogP contribution is 2.27. The molecule has 0 bridgehead atoms. The normalized spacial score (nSPS) is 10.6. The molecular weight excluding hydrogens is 223 g/mol. The fourth-order valence-electron chi connectivity index (χ4n) is 1.65. The summed E-state index contributed by atoms with van der Waals surface area (Å²) >= 11 is 0. The first-order valence-electron chi connectivity index (χ1n) is 5.16. The molecule has 2 N–H and O–H groups in total. The summed E-state index contributed by atoms with van der Waals surface area (Å²) in [5, 5.41) is 0. The van der Waals surface area contributed by atoms with E-state index < -0.39 is 5.82 Å². The third-order valence-corrected chi connectivity index (χ3v) is 2.41. The highest BCUT2D eigenvalue weighted by atomic mass is 19.1. The number of aryl methyl sites for hydroxylation is 1. The van der Waals surface area contributed by atoms with Gasteiger partial charge in [0.1, 0.15) is 11.5 Å². The number of methoxy groups -OCH3 is 1. The molecule has 90 valence electrons. The van der Waals surface area contributed by atoms with Gasteiger partial charge in [0.15, 0.2) is 17.5 Å². The molecule has 0 atom stereocenters. The standard InChI is InChI=1S/C12H13FN2O2/c1-7-15-12(11(6-14)17-7)8-3-4-10(16-2)9(13)5-8/h3-5H,6,14H2,1-2H3. The Labute approximate surface area is 98.2 Å². The monoisotopic (exact) mass is 236 g/mol. The molecule has 0 radical (unpaired) electrons. The highest BCUT2D eigenvalue weighted by Gasteiger charge is 2.13. The molecule has 17 heavy (non-hydrogen) atoms. The number of rotatable bonds is 3. The molecule has 0 spiro atoms. The maximum absolute atomic E-state index is 13.6. The molecule has 4 nitrogen and oxygen atoms in total. The molecule has 1 aromatic carbocycles. The van der Waals surface area contributed by atoms with Gasteiger partial charge in [-0.15, -0.1) is 0 Å². The number of nitrogens with zero attached hydrogens (tertiary/aromatic N) is 1. The van der Waals surface area contributed by atoms with Crippen LogP contribution in [0.5, 0.6) is 5.75 Å². The quantitative estimate of drug-likeness (QED) is 0.887. The van der Waals surface area contributed by atoms with E-state index in [1.165, 1.54) is 13.2 Å². The van der Waals surface area contributed by atoms with E-state index in [1.807, 2.05) is 0 Å². The van der Waals surface area contributed by atoms with Crippen molar-refractivity contribution in [2.24, 2.45) is 5.73 Å². The van der Waals surface area contributed by atoms with E-state index in [4.69, 9.17) is 14.9 Å². The van der Waals surface area contributed by atoms with Gasteiger partial charge in [-0.25, -0.2) is 9.37 Å². The minimum atomic E-state index is -0.436. The lowest BCUT2D eigenvalue weighted by atomic mass is 10.1. The lowest BCUT2D eigenvalue weighted by Crippen LogP contribution is -1.97. The summed E-state index contributed by atoms with van der Waals surface area (Å²) in [5.74, 6) is 0.820. The van der Waals surface area contributed by atoms with Gasteiger partial charge in [-0.2, -0.15) is 0 Å². The lowest BCUT2D eigenvalue weighted by Gasteiger charge is -2.03. The van der Waals surface area contributed by atoms with E-state index in [2.05, 4.69) is 4.98 Å². The van der Waals surface area contributed by atoms with Gasteiger partial charge >= 0.3 is 0 Å². The van der Waals surface area contributed by atoms with E-state index in [0.29, 0.717) is 22.9 Å². The fourth-order valence-corrected chi connectivity index (χ4v) is 1.65. The van der Waals surface area contributed by atoms with Crippen LogP contribution in [0.4, 0.5) is 4.39 Å². The van der Waals surface area contributed by atoms with E-state index in [1.54, 1.807) is 19.1 Å². The van der Waals surface area contributed by atoms with E-state index in [9.17, 15) is 4.39 Å².